The number of carbonyl (C=O) groups excluding carboxylic acids is 1. The zero-order chi connectivity index (χ0) is 17.9. The predicted molar refractivity (Wildman–Crippen MR) is 104 cm³/mol. The van der Waals surface area contributed by atoms with E-state index < -0.39 is 0 Å². The molecule has 1 aromatic carbocycles. The number of aliphatic imine (C=N–C) groups is 1. The summed E-state index contributed by atoms with van der Waals surface area (Å²) in [6.07, 6.45) is 5.46. The van der Waals surface area contributed by atoms with Crippen LogP contribution in [0.25, 0.3) is 6.08 Å². The zero-order valence-electron chi connectivity index (χ0n) is 14.2. The third-order valence-electron chi connectivity index (χ3n) is 4.03. The fraction of sp³-hybridized carbons (Fsp3) is 0.100. The summed E-state index contributed by atoms with van der Waals surface area (Å²) in [4.78, 5) is 19.9. The highest BCUT2D eigenvalue weighted by atomic mass is 32.2. The Bertz CT molecular complexity index is 972. The molecular weight excluding hydrogens is 346 g/mol. The molecule has 5 nitrogen and oxygen atoms in total. The second-order valence-electron chi connectivity index (χ2n) is 5.86. The normalized spacial score (nSPS) is 17.6. The Kier molecular flexibility index (Phi) is 4.50. The smallest absolute Gasteiger partial charge is 0.267 e. The van der Waals surface area contributed by atoms with Gasteiger partial charge in [0.05, 0.1) is 23.4 Å². The van der Waals surface area contributed by atoms with Crippen LogP contribution in [-0.2, 0) is 18.4 Å². The molecule has 2 aromatic heterocycles. The second kappa shape index (κ2) is 7.09. The molecule has 1 aliphatic heterocycles. The van der Waals surface area contributed by atoms with Crippen molar-refractivity contribution in [2.24, 2.45) is 12.0 Å². The summed E-state index contributed by atoms with van der Waals surface area (Å²) in [7, 11) is 1.95. The SMILES string of the molecule is Cn1cccc1/C=C1\SC(=Nc2ccccc2)N(Cc2ccco2)C1=O. The molecule has 6 heteroatoms. The maximum absolute atomic E-state index is 13.0. The van der Waals surface area contributed by atoms with E-state index in [1.165, 1.54) is 11.8 Å². The molecule has 0 atom stereocenters. The van der Waals surface area contributed by atoms with Gasteiger partial charge < -0.3 is 8.98 Å². The lowest BCUT2D eigenvalue weighted by molar-refractivity contribution is -0.122. The van der Waals surface area contributed by atoms with Gasteiger partial charge in [-0.25, -0.2) is 4.99 Å². The van der Waals surface area contributed by atoms with Crippen molar-refractivity contribution in [2.45, 2.75) is 6.54 Å². The van der Waals surface area contributed by atoms with Gasteiger partial charge in [0.15, 0.2) is 5.17 Å². The summed E-state index contributed by atoms with van der Waals surface area (Å²) in [5.41, 5.74) is 1.78. The fourth-order valence-corrected chi connectivity index (χ4v) is 3.64. The lowest BCUT2D eigenvalue weighted by Crippen LogP contribution is -2.28. The van der Waals surface area contributed by atoms with Crippen molar-refractivity contribution in [1.29, 1.82) is 0 Å². The van der Waals surface area contributed by atoms with E-state index in [2.05, 4.69) is 4.99 Å². The Hall–Kier alpha value is -2.99. The molecular formula is C20H17N3O2S. The summed E-state index contributed by atoms with van der Waals surface area (Å²) < 4.78 is 7.40. The Morgan fingerprint density at radius 1 is 1.12 bits per heavy atom. The Labute approximate surface area is 155 Å². The number of amidine groups is 1. The molecule has 0 aliphatic carbocycles. The zero-order valence-corrected chi connectivity index (χ0v) is 15.0. The van der Waals surface area contributed by atoms with Crippen LogP contribution in [0, 0.1) is 0 Å². The molecule has 26 heavy (non-hydrogen) atoms. The van der Waals surface area contributed by atoms with E-state index in [-0.39, 0.29) is 5.91 Å². The summed E-state index contributed by atoms with van der Waals surface area (Å²) in [6, 6.07) is 17.2. The minimum absolute atomic E-state index is 0.0673. The first kappa shape index (κ1) is 16.5. The molecule has 0 N–H and O–H groups in total. The van der Waals surface area contributed by atoms with E-state index in [0.717, 1.165) is 17.1 Å². The van der Waals surface area contributed by atoms with Crippen molar-refractivity contribution in [1.82, 2.24) is 9.47 Å². The number of aromatic nitrogens is 1. The minimum Gasteiger partial charge on any atom is -0.467 e. The quantitative estimate of drug-likeness (QED) is 0.645. The molecule has 130 valence electrons. The molecule has 1 aliphatic rings. The highest BCUT2D eigenvalue weighted by Gasteiger charge is 2.34. The lowest BCUT2D eigenvalue weighted by atomic mass is 10.3. The van der Waals surface area contributed by atoms with Crippen LogP contribution in [0.15, 0.2) is 81.4 Å². The first-order valence-corrected chi connectivity index (χ1v) is 9.01. The minimum atomic E-state index is -0.0673. The van der Waals surface area contributed by atoms with Crippen LogP contribution in [-0.4, -0.2) is 20.5 Å². The highest BCUT2D eigenvalue weighted by molar-refractivity contribution is 8.18. The highest BCUT2D eigenvalue weighted by Crippen LogP contribution is 2.35. The fourth-order valence-electron chi connectivity index (χ4n) is 2.66. The van der Waals surface area contributed by atoms with Crippen molar-refractivity contribution in [3.8, 4) is 0 Å². The molecule has 1 saturated heterocycles. The van der Waals surface area contributed by atoms with E-state index in [1.54, 1.807) is 11.2 Å². The van der Waals surface area contributed by atoms with Gasteiger partial charge in [-0.05, 0) is 54.2 Å². The van der Waals surface area contributed by atoms with Crippen molar-refractivity contribution in [2.75, 3.05) is 0 Å². The molecule has 0 bridgehead atoms. The van der Waals surface area contributed by atoms with Crippen molar-refractivity contribution in [3.63, 3.8) is 0 Å². The van der Waals surface area contributed by atoms with Crippen LogP contribution < -0.4 is 0 Å². The number of rotatable bonds is 4. The van der Waals surface area contributed by atoms with Gasteiger partial charge in [0, 0.05) is 18.9 Å². The average Bonchev–Trinajstić information content (AvgIpc) is 3.36. The number of aryl methyl sites for hydroxylation is 1. The van der Waals surface area contributed by atoms with Gasteiger partial charge in [0.1, 0.15) is 5.76 Å². The monoisotopic (exact) mass is 363 g/mol. The summed E-state index contributed by atoms with van der Waals surface area (Å²) in [6.45, 7) is 0.356. The predicted octanol–water partition coefficient (Wildman–Crippen LogP) is 4.42. The Morgan fingerprint density at radius 3 is 2.65 bits per heavy atom. The van der Waals surface area contributed by atoms with E-state index in [9.17, 15) is 4.79 Å². The van der Waals surface area contributed by atoms with Gasteiger partial charge in [0.25, 0.3) is 5.91 Å². The van der Waals surface area contributed by atoms with Crippen molar-refractivity contribution in [3.05, 3.63) is 83.4 Å². The van der Waals surface area contributed by atoms with E-state index >= 15 is 0 Å². The number of furan rings is 1. The number of thioether (sulfide) groups is 1. The second-order valence-corrected chi connectivity index (χ2v) is 6.86. The average molecular weight is 363 g/mol. The number of amides is 1. The van der Waals surface area contributed by atoms with Gasteiger partial charge >= 0.3 is 0 Å². The molecule has 3 aromatic rings. The molecule has 1 amide bonds. The maximum atomic E-state index is 13.0. The van der Waals surface area contributed by atoms with E-state index in [0.29, 0.717) is 16.6 Å². The van der Waals surface area contributed by atoms with Crippen molar-refractivity contribution >= 4 is 34.6 Å². The summed E-state index contributed by atoms with van der Waals surface area (Å²) in [5.74, 6) is 0.655. The molecule has 0 spiro atoms. The number of carbonyl (C=O) groups is 1. The molecule has 1 fully saturated rings. The number of nitrogens with zero attached hydrogens (tertiary/aromatic N) is 3. The van der Waals surface area contributed by atoms with E-state index in [1.807, 2.05) is 78.5 Å². The molecule has 0 saturated carbocycles. The number of hydrogen-bond acceptors (Lipinski definition) is 4. The van der Waals surface area contributed by atoms with Crippen LogP contribution in [0.3, 0.4) is 0 Å². The number of para-hydroxylation sites is 1. The van der Waals surface area contributed by atoms with Gasteiger partial charge in [-0.2, -0.15) is 0 Å². The third-order valence-corrected chi connectivity index (χ3v) is 5.03. The number of hydrogen-bond donors (Lipinski definition) is 0. The lowest BCUT2D eigenvalue weighted by Gasteiger charge is -2.13. The van der Waals surface area contributed by atoms with Crippen LogP contribution in [0.5, 0.6) is 0 Å². The van der Waals surface area contributed by atoms with Crippen LogP contribution >= 0.6 is 11.8 Å². The largest absolute Gasteiger partial charge is 0.467 e. The van der Waals surface area contributed by atoms with Crippen LogP contribution in [0.2, 0.25) is 0 Å². The first-order chi connectivity index (χ1) is 12.7. The van der Waals surface area contributed by atoms with Gasteiger partial charge in [-0.3, -0.25) is 9.69 Å². The standard InChI is InChI=1S/C20H17N3O2S/c1-22-11-5-9-16(22)13-18-19(24)23(14-17-10-6-12-25-17)20(26-18)21-15-7-3-2-4-8-15/h2-13H,14H2,1H3/b18-13-,21-20?. The van der Waals surface area contributed by atoms with Crippen LogP contribution in [0.4, 0.5) is 5.69 Å². The van der Waals surface area contributed by atoms with Crippen molar-refractivity contribution < 1.29 is 9.21 Å². The Morgan fingerprint density at radius 2 is 1.96 bits per heavy atom. The van der Waals surface area contributed by atoms with Gasteiger partial charge in [0.2, 0.25) is 0 Å². The molecule has 0 radical (unpaired) electrons. The summed E-state index contributed by atoms with van der Waals surface area (Å²) in [5, 5.41) is 0.651. The third kappa shape index (κ3) is 3.36. The molecule has 0 unspecified atom stereocenters. The van der Waals surface area contributed by atoms with Crippen LogP contribution in [0.1, 0.15) is 11.5 Å². The topological polar surface area (TPSA) is 50.7 Å². The molecule has 4 rings (SSSR count). The van der Waals surface area contributed by atoms with E-state index in [4.69, 9.17) is 4.42 Å². The van der Waals surface area contributed by atoms with Gasteiger partial charge in [-0.1, -0.05) is 18.2 Å². The first-order valence-electron chi connectivity index (χ1n) is 8.19. The molecule has 3 heterocycles. The summed E-state index contributed by atoms with van der Waals surface area (Å²) >= 11 is 1.38. The maximum Gasteiger partial charge on any atom is 0.267 e. The van der Waals surface area contributed by atoms with Gasteiger partial charge in [-0.15, -0.1) is 0 Å². The number of benzene rings is 1. The Balaban J connectivity index is 1.70.